The fourth-order valence-corrected chi connectivity index (χ4v) is 1.57. The van der Waals surface area contributed by atoms with E-state index in [1.165, 1.54) is 0 Å². The Morgan fingerprint density at radius 1 is 1.46 bits per heavy atom. The molecule has 1 aromatic heterocycles. The first-order chi connectivity index (χ1) is 6.38. The predicted molar refractivity (Wildman–Crippen MR) is 47.6 cm³/mol. The van der Waals surface area contributed by atoms with E-state index in [0.717, 1.165) is 26.1 Å². The highest BCUT2D eigenvalue weighted by molar-refractivity contribution is 4.87. The number of ether oxygens (including phenoxy) is 1. The van der Waals surface area contributed by atoms with Crippen LogP contribution in [-0.2, 0) is 4.74 Å². The number of rotatable bonds is 1. The lowest BCUT2D eigenvalue weighted by atomic mass is 10.1. The van der Waals surface area contributed by atoms with Crippen molar-refractivity contribution in [3.63, 3.8) is 0 Å². The molecule has 0 bridgehead atoms. The molecule has 1 aromatic rings. The van der Waals surface area contributed by atoms with Crippen molar-refractivity contribution in [1.29, 1.82) is 0 Å². The maximum Gasteiger partial charge on any atom is 0.266 e. The van der Waals surface area contributed by atoms with Crippen molar-refractivity contribution >= 4 is 0 Å². The maximum absolute atomic E-state index is 11.4. The Bertz CT molecular complexity index is 328. The van der Waals surface area contributed by atoms with Gasteiger partial charge in [-0.15, -0.1) is 0 Å². The van der Waals surface area contributed by atoms with Crippen LogP contribution in [0.5, 0.6) is 0 Å². The van der Waals surface area contributed by atoms with Gasteiger partial charge in [-0.2, -0.15) is 5.10 Å². The molecule has 0 aliphatic carbocycles. The molecule has 4 heteroatoms. The summed E-state index contributed by atoms with van der Waals surface area (Å²) in [4.78, 5) is 11.4. The summed E-state index contributed by atoms with van der Waals surface area (Å²) in [5.74, 6) is 0. The third-order valence-corrected chi connectivity index (χ3v) is 2.28. The van der Waals surface area contributed by atoms with E-state index in [0.29, 0.717) is 0 Å². The molecule has 4 nitrogen and oxygen atoms in total. The van der Waals surface area contributed by atoms with E-state index in [1.807, 2.05) is 0 Å². The topological polar surface area (TPSA) is 44.1 Å². The number of hydrogen-bond acceptors (Lipinski definition) is 3. The van der Waals surface area contributed by atoms with Crippen LogP contribution in [0.25, 0.3) is 0 Å². The number of hydrogen-bond donors (Lipinski definition) is 0. The normalized spacial score (nSPS) is 18.8. The van der Waals surface area contributed by atoms with Gasteiger partial charge in [0.15, 0.2) is 0 Å². The third-order valence-electron chi connectivity index (χ3n) is 2.28. The molecule has 70 valence electrons. The van der Waals surface area contributed by atoms with Crippen LogP contribution in [0.4, 0.5) is 0 Å². The van der Waals surface area contributed by atoms with Crippen molar-refractivity contribution in [1.82, 2.24) is 9.78 Å². The first-order valence-corrected chi connectivity index (χ1v) is 4.49. The van der Waals surface area contributed by atoms with E-state index in [9.17, 15) is 4.79 Å². The lowest BCUT2D eigenvalue weighted by Crippen LogP contribution is -2.30. The SMILES string of the molecule is O=c1cccnn1C1CCOCC1. The fourth-order valence-electron chi connectivity index (χ4n) is 1.57. The van der Waals surface area contributed by atoms with Gasteiger partial charge in [0.1, 0.15) is 0 Å². The summed E-state index contributed by atoms with van der Waals surface area (Å²) in [5.41, 5.74) is -0.0191. The van der Waals surface area contributed by atoms with Gasteiger partial charge >= 0.3 is 0 Å². The van der Waals surface area contributed by atoms with Crippen molar-refractivity contribution < 1.29 is 4.74 Å². The Kier molecular flexibility index (Phi) is 2.40. The molecule has 13 heavy (non-hydrogen) atoms. The van der Waals surface area contributed by atoms with Crippen LogP contribution >= 0.6 is 0 Å². The van der Waals surface area contributed by atoms with Crippen LogP contribution in [0.15, 0.2) is 23.1 Å². The highest BCUT2D eigenvalue weighted by Crippen LogP contribution is 2.17. The second kappa shape index (κ2) is 3.70. The van der Waals surface area contributed by atoms with Gasteiger partial charge in [-0.25, -0.2) is 4.68 Å². The average molecular weight is 180 g/mol. The van der Waals surface area contributed by atoms with Crippen molar-refractivity contribution in [2.24, 2.45) is 0 Å². The van der Waals surface area contributed by atoms with E-state index in [1.54, 1.807) is 23.0 Å². The van der Waals surface area contributed by atoms with Gasteiger partial charge in [-0.3, -0.25) is 4.79 Å². The van der Waals surface area contributed by atoms with E-state index >= 15 is 0 Å². The summed E-state index contributed by atoms with van der Waals surface area (Å²) in [6, 6.07) is 3.43. The van der Waals surface area contributed by atoms with Crippen LogP contribution in [0.2, 0.25) is 0 Å². The summed E-state index contributed by atoms with van der Waals surface area (Å²) in [5, 5.41) is 4.05. The summed E-state index contributed by atoms with van der Waals surface area (Å²) < 4.78 is 6.78. The molecule has 0 saturated carbocycles. The van der Waals surface area contributed by atoms with Crippen molar-refractivity contribution in [2.45, 2.75) is 18.9 Å². The first kappa shape index (κ1) is 8.44. The van der Waals surface area contributed by atoms with Crippen LogP contribution < -0.4 is 5.56 Å². The molecule has 0 unspecified atom stereocenters. The minimum Gasteiger partial charge on any atom is -0.381 e. The monoisotopic (exact) mass is 180 g/mol. The number of nitrogens with zero attached hydrogens (tertiary/aromatic N) is 2. The van der Waals surface area contributed by atoms with Gasteiger partial charge in [0.05, 0.1) is 6.04 Å². The second-order valence-electron chi connectivity index (χ2n) is 3.15. The Balaban J connectivity index is 2.24. The molecule has 0 aromatic carbocycles. The standard InChI is InChI=1S/C9H12N2O2/c12-9-2-1-5-10-11(9)8-3-6-13-7-4-8/h1-2,5,8H,3-4,6-7H2. The zero-order chi connectivity index (χ0) is 9.10. The smallest absolute Gasteiger partial charge is 0.266 e. The summed E-state index contributed by atoms with van der Waals surface area (Å²) in [6.45, 7) is 1.46. The molecular weight excluding hydrogens is 168 g/mol. The van der Waals surface area contributed by atoms with Crippen LogP contribution in [0.3, 0.4) is 0 Å². The van der Waals surface area contributed by atoms with E-state index in [4.69, 9.17) is 4.74 Å². The highest BCUT2D eigenvalue weighted by Gasteiger charge is 2.16. The van der Waals surface area contributed by atoms with E-state index in [2.05, 4.69) is 5.10 Å². The maximum atomic E-state index is 11.4. The van der Waals surface area contributed by atoms with E-state index < -0.39 is 0 Å². The summed E-state index contributed by atoms with van der Waals surface area (Å²) in [6.07, 6.45) is 3.42. The predicted octanol–water partition coefficient (Wildman–Crippen LogP) is 0.595. The Hall–Kier alpha value is -1.16. The summed E-state index contributed by atoms with van der Waals surface area (Å²) in [7, 11) is 0. The Labute approximate surface area is 76.1 Å². The van der Waals surface area contributed by atoms with Gasteiger partial charge in [0.25, 0.3) is 5.56 Å². The van der Waals surface area contributed by atoms with Crippen LogP contribution in [-0.4, -0.2) is 23.0 Å². The molecule has 1 aliphatic heterocycles. The molecule has 0 N–H and O–H groups in total. The van der Waals surface area contributed by atoms with Gasteiger partial charge < -0.3 is 4.74 Å². The molecule has 0 spiro atoms. The van der Waals surface area contributed by atoms with Gasteiger partial charge in [0.2, 0.25) is 0 Å². The molecule has 2 heterocycles. The average Bonchev–Trinajstić information content (AvgIpc) is 2.20. The van der Waals surface area contributed by atoms with Crippen molar-refractivity contribution in [3.8, 4) is 0 Å². The van der Waals surface area contributed by atoms with Gasteiger partial charge in [-0.05, 0) is 18.9 Å². The quantitative estimate of drug-likeness (QED) is 0.635. The third kappa shape index (κ3) is 1.78. The first-order valence-electron chi connectivity index (χ1n) is 4.49. The van der Waals surface area contributed by atoms with Gasteiger partial charge in [-0.1, -0.05) is 0 Å². The summed E-state index contributed by atoms with van der Waals surface area (Å²) >= 11 is 0. The Morgan fingerprint density at radius 2 is 2.23 bits per heavy atom. The molecule has 0 atom stereocenters. The zero-order valence-corrected chi connectivity index (χ0v) is 7.35. The lowest BCUT2D eigenvalue weighted by molar-refractivity contribution is 0.0648. The molecule has 2 rings (SSSR count). The van der Waals surface area contributed by atoms with Crippen molar-refractivity contribution in [2.75, 3.05) is 13.2 Å². The molecular formula is C9H12N2O2. The molecule has 1 fully saturated rings. The zero-order valence-electron chi connectivity index (χ0n) is 7.35. The highest BCUT2D eigenvalue weighted by atomic mass is 16.5. The van der Waals surface area contributed by atoms with Crippen LogP contribution in [0.1, 0.15) is 18.9 Å². The minimum absolute atomic E-state index is 0.0191. The largest absolute Gasteiger partial charge is 0.381 e. The lowest BCUT2D eigenvalue weighted by Gasteiger charge is -2.22. The molecule has 0 amide bonds. The van der Waals surface area contributed by atoms with Gasteiger partial charge in [0, 0.05) is 25.5 Å². The fraction of sp³-hybridized carbons (Fsp3) is 0.556. The number of aromatic nitrogens is 2. The molecule has 1 saturated heterocycles. The molecule has 1 aliphatic rings. The second-order valence-corrected chi connectivity index (χ2v) is 3.15. The van der Waals surface area contributed by atoms with Crippen LogP contribution in [0, 0.1) is 0 Å². The molecule has 0 radical (unpaired) electrons. The van der Waals surface area contributed by atoms with Crippen molar-refractivity contribution in [3.05, 3.63) is 28.7 Å². The van der Waals surface area contributed by atoms with E-state index in [-0.39, 0.29) is 11.6 Å². The Morgan fingerprint density at radius 3 is 2.92 bits per heavy atom. The minimum atomic E-state index is -0.0191.